The molecule has 1 aliphatic rings. The molecule has 1 aliphatic heterocycles. The van der Waals surface area contributed by atoms with Gasteiger partial charge in [-0.25, -0.2) is 8.42 Å². The monoisotopic (exact) mass is 608 g/mol. The van der Waals surface area contributed by atoms with Gasteiger partial charge in [0.1, 0.15) is 0 Å². The van der Waals surface area contributed by atoms with Crippen molar-refractivity contribution in [1.82, 2.24) is 4.90 Å². The van der Waals surface area contributed by atoms with Gasteiger partial charge in [0.25, 0.3) is 15.9 Å². The average Bonchev–Trinajstić information content (AvgIpc) is 2.94. The molecule has 0 radical (unpaired) electrons. The lowest BCUT2D eigenvalue weighted by molar-refractivity contribution is 0.0734. The Labute approximate surface area is 236 Å². The zero-order chi connectivity index (χ0) is 26.9. The van der Waals surface area contributed by atoms with Crippen LogP contribution in [-0.4, -0.2) is 25.8 Å². The van der Waals surface area contributed by atoms with Crippen LogP contribution in [0.5, 0.6) is 0 Å². The summed E-state index contributed by atoms with van der Waals surface area (Å²) in [5, 5.41) is 0.223. The summed E-state index contributed by atoms with van der Waals surface area (Å²) in [7, 11) is -4.02. The molecule has 5 rings (SSSR count). The number of anilines is 1. The van der Waals surface area contributed by atoms with Crippen LogP contribution in [0.15, 0.2) is 100 Å². The Hall–Kier alpha value is -3.13. The first-order valence-electron chi connectivity index (χ1n) is 12.2. The largest absolute Gasteiger partial charge is 0.334 e. The van der Waals surface area contributed by atoms with E-state index in [0.717, 1.165) is 22.0 Å². The van der Waals surface area contributed by atoms with Crippen molar-refractivity contribution in [3.05, 3.63) is 128 Å². The van der Waals surface area contributed by atoms with Gasteiger partial charge in [0.05, 0.1) is 27.7 Å². The Bertz CT molecular complexity index is 1600. The summed E-state index contributed by atoms with van der Waals surface area (Å²) in [6, 6.07) is 26.7. The SMILES string of the molecule is Cc1c(Br)ccc2c1CCN(C(=O)c1cc(S(=O)(=O)N(Cc3ccccc3)c3ccccc3)ccc1Cl)C2. The lowest BCUT2D eigenvalue weighted by Crippen LogP contribution is -2.36. The van der Waals surface area contributed by atoms with Gasteiger partial charge in [0.15, 0.2) is 0 Å². The number of hydrogen-bond donors (Lipinski definition) is 0. The zero-order valence-electron chi connectivity index (χ0n) is 20.8. The highest BCUT2D eigenvalue weighted by atomic mass is 79.9. The molecule has 0 aromatic heterocycles. The van der Waals surface area contributed by atoms with E-state index in [1.165, 1.54) is 33.6 Å². The maximum absolute atomic E-state index is 14.0. The van der Waals surface area contributed by atoms with Gasteiger partial charge in [-0.3, -0.25) is 9.10 Å². The molecular weight excluding hydrogens is 584 g/mol. The van der Waals surface area contributed by atoms with Crippen molar-refractivity contribution in [3.63, 3.8) is 0 Å². The van der Waals surface area contributed by atoms with E-state index in [1.807, 2.05) is 48.5 Å². The second kappa shape index (κ2) is 10.9. The molecule has 0 saturated heterocycles. The van der Waals surface area contributed by atoms with E-state index < -0.39 is 10.0 Å². The predicted molar refractivity (Wildman–Crippen MR) is 155 cm³/mol. The van der Waals surface area contributed by atoms with Gasteiger partial charge < -0.3 is 4.90 Å². The molecule has 0 bridgehead atoms. The number of para-hydroxylation sites is 1. The highest BCUT2D eigenvalue weighted by molar-refractivity contribution is 9.10. The fourth-order valence-electron chi connectivity index (χ4n) is 4.77. The first-order chi connectivity index (χ1) is 18.3. The van der Waals surface area contributed by atoms with E-state index in [4.69, 9.17) is 11.6 Å². The molecule has 4 aromatic carbocycles. The highest BCUT2D eigenvalue weighted by Gasteiger charge is 2.29. The minimum atomic E-state index is -4.02. The fraction of sp³-hybridized carbons (Fsp3) is 0.167. The van der Waals surface area contributed by atoms with E-state index >= 15 is 0 Å². The minimum Gasteiger partial charge on any atom is -0.334 e. The molecule has 0 atom stereocenters. The first kappa shape index (κ1) is 26.5. The molecule has 5 nitrogen and oxygen atoms in total. The van der Waals surface area contributed by atoms with E-state index in [2.05, 4.69) is 22.9 Å². The Morgan fingerprint density at radius 3 is 2.37 bits per heavy atom. The van der Waals surface area contributed by atoms with Gasteiger partial charge in [0, 0.05) is 17.6 Å². The summed E-state index contributed by atoms with van der Waals surface area (Å²) in [6.07, 6.45) is 0.723. The Balaban J connectivity index is 1.49. The number of sulfonamides is 1. The van der Waals surface area contributed by atoms with Crippen LogP contribution in [0.1, 0.15) is 32.6 Å². The van der Waals surface area contributed by atoms with E-state index in [0.29, 0.717) is 18.8 Å². The van der Waals surface area contributed by atoms with Crippen molar-refractivity contribution >= 4 is 49.1 Å². The van der Waals surface area contributed by atoms with Crippen LogP contribution in [0, 0.1) is 6.92 Å². The van der Waals surface area contributed by atoms with Crippen molar-refractivity contribution in [2.45, 2.75) is 31.3 Å². The van der Waals surface area contributed by atoms with Crippen LogP contribution in [0.25, 0.3) is 0 Å². The van der Waals surface area contributed by atoms with E-state index in [9.17, 15) is 13.2 Å². The number of carbonyl (C=O) groups excluding carboxylic acids is 1. The normalized spacial score (nSPS) is 13.2. The maximum atomic E-state index is 14.0. The molecule has 0 spiro atoms. The zero-order valence-corrected chi connectivity index (χ0v) is 23.9. The van der Waals surface area contributed by atoms with Gasteiger partial charge in [-0.15, -0.1) is 0 Å². The lowest BCUT2D eigenvalue weighted by Gasteiger charge is -2.31. The van der Waals surface area contributed by atoms with Gasteiger partial charge in [-0.2, -0.15) is 0 Å². The van der Waals surface area contributed by atoms with E-state index in [-0.39, 0.29) is 27.9 Å². The molecule has 194 valence electrons. The number of amides is 1. The lowest BCUT2D eigenvalue weighted by atomic mass is 9.95. The number of hydrogen-bond acceptors (Lipinski definition) is 3. The van der Waals surface area contributed by atoms with Crippen molar-refractivity contribution in [2.75, 3.05) is 10.8 Å². The van der Waals surface area contributed by atoms with Crippen LogP contribution in [0.4, 0.5) is 5.69 Å². The molecule has 0 aliphatic carbocycles. The molecule has 0 fully saturated rings. The molecule has 38 heavy (non-hydrogen) atoms. The summed E-state index contributed by atoms with van der Waals surface area (Å²) >= 11 is 10.1. The highest BCUT2D eigenvalue weighted by Crippen LogP contribution is 2.32. The third kappa shape index (κ3) is 5.23. The van der Waals surface area contributed by atoms with Gasteiger partial charge in [-0.05, 0) is 72.0 Å². The van der Waals surface area contributed by atoms with Crippen molar-refractivity contribution in [2.24, 2.45) is 0 Å². The second-order valence-corrected chi connectivity index (χ2v) is 12.4. The molecule has 8 heteroatoms. The molecule has 4 aromatic rings. The predicted octanol–water partition coefficient (Wildman–Crippen LogP) is 7.00. The number of benzene rings is 4. The second-order valence-electron chi connectivity index (χ2n) is 9.26. The third-order valence-electron chi connectivity index (χ3n) is 6.88. The standard InChI is InChI=1S/C30H26BrClN2O3S/c1-21-26-16-17-33(20-23(26)12-14-28(21)31)30(35)27-18-25(13-15-29(27)32)38(36,37)34(24-10-6-3-7-11-24)19-22-8-4-2-5-9-22/h2-15,18H,16-17,19-20H2,1H3. The van der Waals surface area contributed by atoms with Crippen molar-refractivity contribution < 1.29 is 13.2 Å². The van der Waals surface area contributed by atoms with Crippen LogP contribution >= 0.6 is 27.5 Å². The first-order valence-corrected chi connectivity index (χ1v) is 14.8. The van der Waals surface area contributed by atoms with Crippen LogP contribution in [0.2, 0.25) is 5.02 Å². The Kier molecular flexibility index (Phi) is 7.61. The summed E-state index contributed by atoms with van der Waals surface area (Å²) in [4.78, 5) is 15.4. The van der Waals surface area contributed by atoms with Crippen molar-refractivity contribution in [3.8, 4) is 0 Å². The number of fused-ring (bicyclic) bond motifs is 1. The Morgan fingerprint density at radius 1 is 0.974 bits per heavy atom. The quantitative estimate of drug-likeness (QED) is 0.236. The molecule has 1 amide bonds. The average molecular weight is 610 g/mol. The van der Waals surface area contributed by atoms with Crippen LogP contribution < -0.4 is 4.31 Å². The van der Waals surface area contributed by atoms with Crippen LogP contribution in [-0.2, 0) is 29.5 Å². The summed E-state index contributed by atoms with van der Waals surface area (Å²) in [5.74, 6) is -0.285. The number of halogens is 2. The minimum absolute atomic E-state index is 0.0159. The molecule has 0 unspecified atom stereocenters. The van der Waals surface area contributed by atoms with Gasteiger partial charge in [-0.1, -0.05) is 82.1 Å². The van der Waals surface area contributed by atoms with E-state index in [1.54, 1.807) is 29.2 Å². The number of carbonyl (C=O) groups is 1. The molecular formula is C30H26BrClN2O3S. The molecule has 0 N–H and O–H groups in total. The number of rotatable bonds is 6. The summed E-state index contributed by atoms with van der Waals surface area (Å²) < 4.78 is 30.4. The van der Waals surface area contributed by atoms with Gasteiger partial charge >= 0.3 is 0 Å². The molecule has 0 saturated carbocycles. The van der Waals surface area contributed by atoms with Crippen LogP contribution in [0.3, 0.4) is 0 Å². The maximum Gasteiger partial charge on any atom is 0.264 e. The third-order valence-corrected chi connectivity index (χ3v) is 9.84. The molecule has 1 heterocycles. The summed E-state index contributed by atoms with van der Waals surface area (Å²) in [5.41, 5.74) is 5.07. The van der Waals surface area contributed by atoms with Crippen molar-refractivity contribution in [1.29, 1.82) is 0 Å². The summed E-state index contributed by atoms with van der Waals surface area (Å²) in [6.45, 7) is 3.19. The smallest absolute Gasteiger partial charge is 0.264 e. The number of nitrogens with zero attached hydrogens (tertiary/aromatic N) is 2. The Morgan fingerprint density at radius 2 is 1.66 bits per heavy atom. The fourth-order valence-corrected chi connectivity index (χ4v) is 6.82. The van der Waals surface area contributed by atoms with Gasteiger partial charge in [0.2, 0.25) is 0 Å². The topological polar surface area (TPSA) is 57.7 Å².